The Labute approximate surface area is 102 Å². The van der Waals surface area contributed by atoms with Gasteiger partial charge in [0.05, 0.1) is 0 Å². The smallest absolute Gasteiger partial charge is 0.306 e. The third kappa shape index (κ3) is 6.04. The largest absolute Gasteiger partial charge is 0.461 e. The number of hydrogen-bond donors (Lipinski definition) is 1. The number of benzene rings is 1. The van der Waals surface area contributed by atoms with Crippen LogP contribution in [0.4, 0.5) is 0 Å². The van der Waals surface area contributed by atoms with E-state index in [0.29, 0.717) is 19.7 Å². The molecule has 17 heavy (non-hydrogen) atoms. The third-order valence-electron chi connectivity index (χ3n) is 2.48. The van der Waals surface area contributed by atoms with E-state index in [1.807, 2.05) is 42.3 Å². The lowest BCUT2D eigenvalue weighted by Gasteiger charge is -2.12. The maximum absolute atomic E-state index is 11.4. The molecule has 0 fully saturated rings. The first kappa shape index (κ1) is 13.7. The van der Waals surface area contributed by atoms with Gasteiger partial charge in [-0.2, -0.15) is 0 Å². The van der Waals surface area contributed by atoms with Crippen LogP contribution in [-0.2, 0) is 16.1 Å². The molecule has 0 saturated carbocycles. The van der Waals surface area contributed by atoms with Crippen molar-refractivity contribution < 1.29 is 9.53 Å². The lowest BCUT2D eigenvalue weighted by atomic mass is 10.2. The van der Waals surface area contributed by atoms with E-state index in [0.717, 1.165) is 18.5 Å². The van der Waals surface area contributed by atoms with Crippen molar-refractivity contribution in [2.45, 2.75) is 19.4 Å². The monoisotopic (exact) mass is 236 g/mol. The van der Waals surface area contributed by atoms with E-state index in [9.17, 15) is 4.79 Å². The molecule has 0 aliphatic heterocycles. The summed E-state index contributed by atoms with van der Waals surface area (Å²) in [5.74, 6) is -0.153. The lowest BCUT2D eigenvalue weighted by Crippen LogP contribution is -2.27. The molecular formula is C13H20N2O2. The fraction of sp³-hybridized carbons (Fsp3) is 0.462. The molecular weight excluding hydrogens is 216 g/mol. The summed E-state index contributed by atoms with van der Waals surface area (Å²) in [6.07, 6.45) is 1.22. The summed E-state index contributed by atoms with van der Waals surface area (Å²) in [7, 11) is 1.93. The highest BCUT2D eigenvalue weighted by molar-refractivity contribution is 5.69. The van der Waals surface area contributed by atoms with E-state index >= 15 is 0 Å². The van der Waals surface area contributed by atoms with Gasteiger partial charge < -0.3 is 10.5 Å². The molecule has 94 valence electrons. The van der Waals surface area contributed by atoms with Crippen molar-refractivity contribution in [2.75, 3.05) is 20.3 Å². The molecule has 0 aliphatic rings. The van der Waals surface area contributed by atoms with Crippen LogP contribution in [0.15, 0.2) is 30.3 Å². The second kappa shape index (κ2) is 7.81. The number of esters is 1. The van der Waals surface area contributed by atoms with Crippen LogP contribution in [-0.4, -0.2) is 31.1 Å². The molecule has 4 heteroatoms. The molecule has 1 aromatic rings. The predicted molar refractivity (Wildman–Crippen MR) is 67.2 cm³/mol. The van der Waals surface area contributed by atoms with Crippen molar-refractivity contribution in [3.05, 3.63) is 35.9 Å². The Morgan fingerprint density at radius 1 is 1.35 bits per heavy atom. The molecule has 0 heterocycles. The minimum Gasteiger partial charge on any atom is -0.461 e. The predicted octanol–water partition coefficient (Wildman–Crippen LogP) is 1.36. The van der Waals surface area contributed by atoms with Crippen LogP contribution in [0.25, 0.3) is 0 Å². The number of carbonyl (C=O) groups excluding carboxylic acids is 1. The van der Waals surface area contributed by atoms with Gasteiger partial charge in [-0.25, -0.2) is 0 Å². The van der Waals surface area contributed by atoms with Crippen LogP contribution in [0.2, 0.25) is 0 Å². The van der Waals surface area contributed by atoms with Crippen molar-refractivity contribution in [1.29, 1.82) is 0 Å². The Morgan fingerprint density at radius 3 is 2.71 bits per heavy atom. The van der Waals surface area contributed by atoms with Crippen LogP contribution in [0, 0.1) is 0 Å². The van der Waals surface area contributed by atoms with Crippen LogP contribution in [0.1, 0.15) is 18.4 Å². The molecule has 0 unspecified atom stereocenters. The van der Waals surface area contributed by atoms with Gasteiger partial charge in [0.1, 0.15) is 6.61 Å². The molecule has 0 aliphatic carbocycles. The Morgan fingerprint density at radius 2 is 2.06 bits per heavy atom. The quantitative estimate of drug-likeness (QED) is 0.573. The molecule has 0 aromatic heterocycles. The minimum absolute atomic E-state index is 0.153. The van der Waals surface area contributed by atoms with Gasteiger partial charge in [-0.3, -0.25) is 9.69 Å². The standard InChI is InChI=1S/C13H20N2O2/c1-15(11-14)9-5-8-13(16)17-10-12-6-3-2-4-7-12/h2-4,6-7H,5,8-11,14H2,1H3. The zero-order chi connectivity index (χ0) is 12.5. The van der Waals surface area contributed by atoms with E-state index in [-0.39, 0.29) is 5.97 Å². The van der Waals surface area contributed by atoms with Gasteiger partial charge in [0.25, 0.3) is 0 Å². The second-order valence-electron chi connectivity index (χ2n) is 4.01. The van der Waals surface area contributed by atoms with Gasteiger partial charge in [0.2, 0.25) is 0 Å². The number of carbonyl (C=O) groups is 1. The Hall–Kier alpha value is -1.39. The summed E-state index contributed by atoms with van der Waals surface area (Å²) in [5, 5.41) is 0. The molecule has 0 amide bonds. The summed E-state index contributed by atoms with van der Waals surface area (Å²) >= 11 is 0. The Bertz CT molecular complexity index is 327. The van der Waals surface area contributed by atoms with E-state index in [2.05, 4.69) is 0 Å². The first-order valence-corrected chi connectivity index (χ1v) is 5.80. The summed E-state index contributed by atoms with van der Waals surface area (Å²) in [6, 6.07) is 9.68. The van der Waals surface area contributed by atoms with E-state index in [4.69, 9.17) is 10.5 Å². The van der Waals surface area contributed by atoms with Crippen molar-refractivity contribution in [2.24, 2.45) is 5.73 Å². The van der Waals surface area contributed by atoms with E-state index in [1.54, 1.807) is 0 Å². The van der Waals surface area contributed by atoms with Crippen molar-refractivity contribution >= 4 is 5.97 Å². The van der Waals surface area contributed by atoms with Gasteiger partial charge in [0.15, 0.2) is 0 Å². The van der Waals surface area contributed by atoms with Crippen LogP contribution in [0.3, 0.4) is 0 Å². The Balaban J connectivity index is 2.13. The number of nitrogens with zero attached hydrogens (tertiary/aromatic N) is 1. The van der Waals surface area contributed by atoms with E-state index in [1.165, 1.54) is 0 Å². The fourth-order valence-corrected chi connectivity index (χ4v) is 1.39. The molecule has 0 bridgehead atoms. The van der Waals surface area contributed by atoms with E-state index < -0.39 is 0 Å². The van der Waals surface area contributed by atoms with Crippen molar-refractivity contribution in [3.63, 3.8) is 0 Å². The van der Waals surface area contributed by atoms with Gasteiger partial charge in [-0.1, -0.05) is 30.3 Å². The fourth-order valence-electron chi connectivity index (χ4n) is 1.39. The average Bonchev–Trinajstić information content (AvgIpc) is 2.37. The van der Waals surface area contributed by atoms with Gasteiger partial charge in [-0.05, 0) is 25.6 Å². The van der Waals surface area contributed by atoms with Gasteiger partial charge in [0, 0.05) is 13.1 Å². The van der Waals surface area contributed by atoms with Crippen molar-refractivity contribution in [1.82, 2.24) is 4.90 Å². The molecule has 0 radical (unpaired) electrons. The highest BCUT2D eigenvalue weighted by Crippen LogP contribution is 2.02. The molecule has 1 rings (SSSR count). The number of rotatable bonds is 7. The van der Waals surface area contributed by atoms with Gasteiger partial charge >= 0.3 is 5.97 Å². The van der Waals surface area contributed by atoms with Crippen LogP contribution < -0.4 is 5.73 Å². The van der Waals surface area contributed by atoms with Gasteiger partial charge in [-0.15, -0.1) is 0 Å². The van der Waals surface area contributed by atoms with Crippen molar-refractivity contribution in [3.8, 4) is 0 Å². The lowest BCUT2D eigenvalue weighted by molar-refractivity contribution is -0.145. The number of nitrogens with two attached hydrogens (primary N) is 1. The topological polar surface area (TPSA) is 55.6 Å². The summed E-state index contributed by atoms with van der Waals surface area (Å²) in [4.78, 5) is 13.4. The summed E-state index contributed by atoms with van der Waals surface area (Å²) in [5.41, 5.74) is 6.45. The highest BCUT2D eigenvalue weighted by atomic mass is 16.5. The molecule has 1 aromatic carbocycles. The zero-order valence-corrected chi connectivity index (χ0v) is 10.3. The summed E-state index contributed by atoms with van der Waals surface area (Å²) in [6.45, 7) is 1.68. The number of hydrogen-bond acceptors (Lipinski definition) is 4. The molecule has 0 saturated heterocycles. The SMILES string of the molecule is CN(CN)CCCC(=O)OCc1ccccc1. The molecule has 4 nitrogen and oxygen atoms in total. The van der Waals surface area contributed by atoms with Crippen LogP contribution >= 0.6 is 0 Å². The molecule has 0 atom stereocenters. The first-order chi connectivity index (χ1) is 8.22. The average molecular weight is 236 g/mol. The first-order valence-electron chi connectivity index (χ1n) is 5.80. The normalized spacial score (nSPS) is 10.5. The highest BCUT2D eigenvalue weighted by Gasteiger charge is 2.04. The maximum Gasteiger partial charge on any atom is 0.306 e. The molecule has 2 N–H and O–H groups in total. The molecule has 0 spiro atoms. The zero-order valence-electron chi connectivity index (χ0n) is 10.3. The third-order valence-corrected chi connectivity index (χ3v) is 2.48. The Kier molecular flexibility index (Phi) is 6.29. The summed E-state index contributed by atoms with van der Waals surface area (Å²) < 4.78 is 5.15. The number of ether oxygens (including phenoxy) is 1. The maximum atomic E-state index is 11.4. The minimum atomic E-state index is -0.153. The van der Waals surface area contributed by atoms with Crippen LogP contribution in [0.5, 0.6) is 0 Å². The second-order valence-corrected chi connectivity index (χ2v) is 4.01.